The van der Waals surface area contributed by atoms with E-state index in [4.69, 9.17) is 22.1 Å². The molecule has 31 heavy (non-hydrogen) atoms. The smallest absolute Gasteiger partial charge is 0.333 e. The van der Waals surface area contributed by atoms with E-state index in [2.05, 4.69) is 15.3 Å². The summed E-state index contributed by atoms with van der Waals surface area (Å²) in [6, 6.07) is 11.7. The van der Waals surface area contributed by atoms with Crippen LogP contribution < -0.4 is 21.1 Å². The minimum absolute atomic E-state index is 0.0169. The number of nitrogens with two attached hydrogens (primary N) is 2. The number of anilines is 1. The Morgan fingerprint density at radius 1 is 1.19 bits per heavy atom. The number of amides is 2. The highest BCUT2D eigenvalue weighted by atomic mass is 35.5. The van der Waals surface area contributed by atoms with E-state index in [1.165, 1.54) is 18.2 Å². The molecule has 1 fully saturated rings. The molecule has 1 atom stereocenters. The summed E-state index contributed by atoms with van der Waals surface area (Å²) in [5.41, 5.74) is 6.01. The van der Waals surface area contributed by atoms with Crippen LogP contribution in [0.25, 0.3) is 11.4 Å². The molecule has 2 amide bonds. The van der Waals surface area contributed by atoms with Gasteiger partial charge in [-0.2, -0.15) is 0 Å². The third kappa shape index (κ3) is 4.79. The Hall–Kier alpha value is -3.56. The highest BCUT2D eigenvalue weighted by molar-refractivity contribution is 6.30. The molecule has 1 saturated heterocycles. The second-order valence-corrected chi connectivity index (χ2v) is 7.34. The Kier molecular flexibility index (Phi) is 5.79. The third-order valence-corrected chi connectivity index (χ3v) is 4.91. The summed E-state index contributed by atoms with van der Waals surface area (Å²) >= 11 is 5.75. The molecule has 3 aromatic rings. The van der Waals surface area contributed by atoms with Gasteiger partial charge in [-0.15, -0.1) is 0 Å². The zero-order chi connectivity index (χ0) is 22.0. The highest BCUT2D eigenvalue weighted by Gasteiger charge is 2.29. The first kappa shape index (κ1) is 20.7. The van der Waals surface area contributed by atoms with E-state index in [1.54, 1.807) is 29.6 Å². The standard InChI is InChI=1S/C21H17ClFN5O3/c22-12-3-6-17(14(23)9-12)31-13-4-1-11(2-5-13)20-27-16(19(24)29)10-18(28-20)26-15-7-8-25-21(15)30/h1-6,9-10,15H,7-8H2,(H2,24,29)(H,25,30)(H,26,27,28)/p+1/t15-/m0/s1. The van der Waals surface area contributed by atoms with Gasteiger partial charge in [0, 0.05) is 23.1 Å². The Labute approximate surface area is 181 Å². The van der Waals surface area contributed by atoms with Crippen molar-refractivity contribution >= 4 is 29.2 Å². The van der Waals surface area contributed by atoms with Crippen LogP contribution in [0.3, 0.4) is 0 Å². The van der Waals surface area contributed by atoms with Crippen molar-refractivity contribution in [3.63, 3.8) is 0 Å². The Morgan fingerprint density at radius 3 is 2.61 bits per heavy atom. The van der Waals surface area contributed by atoms with Crippen molar-refractivity contribution < 1.29 is 24.0 Å². The molecular weight excluding hydrogens is 425 g/mol. The van der Waals surface area contributed by atoms with Crippen molar-refractivity contribution in [3.05, 3.63) is 65.1 Å². The molecule has 158 valence electrons. The monoisotopic (exact) mass is 442 g/mol. The number of halogens is 2. The fourth-order valence-electron chi connectivity index (χ4n) is 3.13. The van der Waals surface area contributed by atoms with Gasteiger partial charge in [0.15, 0.2) is 17.4 Å². The number of quaternary nitrogens is 1. The fraction of sp³-hybridized carbons (Fsp3) is 0.143. The Morgan fingerprint density at radius 2 is 1.97 bits per heavy atom. The molecule has 1 aliphatic rings. The summed E-state index contributed by atoms with van der Waals surface area (Å²) in [6.45, 7) is 0.687. The number of primary amides is 2. The van der Waals surface area contributed by atoms with Crippen molar-refractivity contribution in [2.24, 2.45) is 5.73 Å². The predicted molar refractivity (Wildman–Crippen MR) is 111 cm³/mol. The lowest BCUT2D eigenvalue weighted by Crippen LogP contribution is -2.85. The third-order valence-electron chi connectivity index (χ3n) is 4.68. The molecule has 1 aliphatic heterocycles. The number of ether oxygens (including phenoxy) is 1. The summed E-state index contributed by atoms with van der Waals surface area (Å²) in [5, 5.41) is 4.93. The quantitative estimate of drug-likeness (QED) is 0.537. The number of carbonyl (C=O) groups is 2. The number of rotatable bonds is 6. The molecule has 5 N–H and O–H groups in total. The minimum atomic E-state index is -0.714. The van der Waals surface area contributed by atoms with E-state index in [0.29, 0.717) is 30.1 Å². The lowest BCUT2D eigenvalue weighted by Gasteiger charge is -2.12. The number of hydrogen-bond donors (Lipinski definition) is 3. The van der Waals surface area contributed by atoms with Gasteiger partial charge < -0.3 is 15.8 Å². The van der Waals surface area contributed by atoms with Gasteiger partial charge in [0.1, 0.15) is 23.3 Å². The highest BCUT2D eigenvalue weighted by Crippen LogP contribution is 2.28. The SMILES string of the molecule is NC(=O)c1cc(N[C@H]2CC[NH2+]C2=O)nc(-c2ccc(Oc3ccc(Cl)cc3F)cc2)n1. The average Bonchev–Trinajstić information content (AvgIpc) is 3.14. The normalized spacial score (nSPS) is 15.7. The molecule has 0 bridgehead atoms. The first-order chi connectivity index (χ1) is 14.9. The zero-order valence-corrected chi connectivity index (χ0v) is 16.9. The maximum Gasteiger partial charge on any atom is 0.333 e. The van der Waals surface area contributed by atoms with Gasteiger partial charge in [-0.3, -0.25) is 10.1 Å². The maximum absolute atomic E-state index is 13.9. The maximum atomic E-state index is 13.9. The van der Waals surface area contributed by atoms with Crippen LogP contribution in [0.15, 0.2) is 48.5 Å². The number of nitrogens with zero attached hydrogens (tertiary/aromatic N) is 2. The van der Waals surface area contributed by atoms with Crippen LogP contribution >= 0.6 is 11.6 Å². The topological polar surface area (TPSA) is 124 Å². The van der Waals surface area contributed by atoms with Crippen LogP contribution in [0, 0.1) is 5.82 Å². The molecule has 0 spiro atoms. The number of nitrogens with one attached hydrogen (secondary N) is 1. The van der Waals surface area contributed by atoms with Crippen molar-refractivity contribution in [3.8, 4) is 22.9 Å². The van der Waals surface area contributed by atoms with Crippen LogP contribution in [-0.2, 0) is 4.79 Å². The van der Waals surface area contributed by atoms with E-state index in [1.807, 2.05) is 0 Å². The zero-order valence-electron chi connectivity index (χ0n) is 16.1. The number of aromatic nitrogens is 2. The van der Waals surface area contributed by atoms with E-state index in [-0.39, 0.29) is 28.2 Å². The second-order valence-electron chi connectivity index (χ2n) is 6.91. The molecule has 2 heterocycles. The molecule has 10 heteroatoms. The molecule has 4 rings (SSSR count). The van der Waals surface area contributed by atoms with Crippen LogP contribution in [0.1, 0.15) is 16.9 Å². The van der Waals surface area contributed by atoms with Gasteiger partial charge in [-0.1, -0.05) is 11.6 Å². The molecule has 1 aromatic heterocycles. The Bertz CT molecular complexity index is 1160. The lowest BCUT2D eigenvalue weighted by atomic mass is 10.2. The van der Waals surface area contributed by atoms with Crippen LogP contribution in [-0.4, -0.2) is 34.4 Å². The molecular formula is C21H18ClFN5O3+. The Balaban J connectivity index is 1.59. The fourth-order valence-corrected chi connectivity index (χ4v) is 3.29. The summed E-state index contributed by atoms with van der Waals surface area (Å²) in [4.78, 5) is 32.2. The molecule has 0 unspecified atom stereocenters. The summed E-state index contributed by atoms with van der Waals surface area (Å²) in [5.74, 6) is -0.307. The van der Waals surface area contributed by atoms with Crippen LogP contribution in [0.4, 0.5) is 10.2 Å². The summed E-state index contributed by atoms with van der Waals surface area (Å²) in [6.07, 6.45) is 0.650. The van der Waals surface area contributed by atoms with Gasteiger partial charge in [0.25, 0.3) is 5.91 Å². The lowest BCUT2D eigenvalue weighted by molar-refractivity contribution is -0.554. The molecule has 0 aliphatic carbocycles. The van der Waals surface area contributed by atoms with Gasteiger partial charge in [0.05, 0.1) is 6.54 Å². The van der Waals surface area contributed by atoms with E-state index in [9.17, 15) is 14.0 Å². The van der Waals surface area contributed by atoms with Crippen LogP contribution in [0.5, 0.6) is 11.5 Å². The van der Waals surface area contributed by atoms with Crippen LogP contribution in [0.2, 0.25) is 5.02 Å². The molecule has 2 aromatic carbocycles. The first-order valence-corrected chi connectivity index (χ1v) is 9.82. The van der Waals surface area contributed by atoms with Gasteiger partial charge in [-0.25, -0.2) is 19.2 Å². The summed E-state index contributed by atoms with van der Waals surface area (Å²) < 4.78 is 19.5. The van der Waals surface area contributed by atoms with E-state index >= 15 is 0 Å². The predicted octanol–water partition coefficient (Wildman–Crippen LogP) is 2.10. The van der Waals surface area contributed by atoms with Gasteiger partial charge >= 0.3 is 5.91 Å². The van der Waals surface area contributed by atoms with E-state index < -0.39 is 17.8 Å². The first-order valence-electron chi connectivity index (χ1n) is 9.45. The largest absolute Gasteiger partial charge is 0.454 e. The van der Waals surface area contributed by atoms with Crippen molar-refractivity contribution in [1.82, 2.24) is 9.97 Å². The molecule has 0 radical (unpaired) electrons. The molecule has 0 saturated carbocycles. The van der Waals surface area contributed by atoms with Gasteiger partial charge in [0.2, 0.25) is 0 Å². The van der Waals surface area contributed by atoms with Crippen molar-refractivity contribution in [2.75, 3.05) is 11.9 Å². The van der Waals surface area contributed by atoms with Gasteiger partial charge in [-0.05, 0) is 42.5 Å². The number of benzene rings is 2. The second kappa shape index (κ2) is 8.66. The average molecular weight is 443 g/mol. The minimum Gasteiger partial charge on any atom is -0.454 e. The van der Waals surface area contributed by atoms with E-state index in [0.717, 1.165) is 6.07 Å². The van der Waals surface area contributed by atoms with Crippen molar-refractivity contribution in [2.45, 2.75) is 12.5 Å². The van der Waals surface area contributed by atoms with Crippen molar-refractivity contribution in [1.29, 1.82) is 0 Å². The number of carbonyl (C=O) groups excluding carboxylic acids is 2. The number of hydrogen-bond acceptors (Lipinski definition) is 6. The molecule has 8 nitrogen and oxygen atoms in total. The summed E-state index contributed by atoms with van der Waals surface area (Å²) in [7, 11) is 0.